The number of fused-ring (bicyclic) bond motifs is 5. The van der Waals surface area contributed by atoms with Crippen LogP contribution in [-0.4, -0.2) is 47.8 Å². The van der Waals surface area contributed by atoms with E-state index in [4.69, 9.17) is 0 Å². The summed E-state index contributed by atoms with van der Waals surface area (Å²) in [6, 6.07) is 8.85. The fourth-order valence-electron chi connectivity index (χ4n) is 11.9. The normalized spacial score (nSPS) is 38.9. The molecule has 43 heavy (non-hydrogen) atoms. The van der Waals surface area contributed by atoms with Crippen molar-refractivity contribution in [3.63, 3.8) is 0 Å². The van der Waals surface area contributed by atoms with Gasteiger partial charge in [-0.25, -0.2) is 0 Å². The number of nitrogens with zero attached hydrogens (tertiary/aromatic N) is 1. The van der Waals surface area contributed by atoms with Gasteiger partial charge in [-0.15, -0.1) is 0 Å². The van der Waals surface area contributed by atoms with Crippen molar-refractivity contribution in [3.8, 4) is 0 Å². The molecule has 1 saturated heterocycles. The zero-order valence-corrected chi connectivity index (χ0v) is 27.7. The maximum absolute atomic E-state index is 13.1. The van der Waals surface area contributed by atoms with Gasteiger partial charge < -0.3 is 14.9 Å². The molecule has 1 amide bonds. The molecule has 4 unspecified atom stereocenters. The van der Waals surface area contributed by atoms with E-state index in [0.29, 0.717) is 23.2 Å². The van der Waals surface area contributed by atoms with E-state index in [0.717, 1.165) is 73.0 Å². The number of nitrogens with one attached hydrogen (secondary N) is 1. The first-order valence-corrected chi connectivity index (χ1v) is 18.2. The van der Waals surface area contributed by atoms with Gasteiger partial charge in [-0.05, 0) is 116 Å². The van der Waals surface area contributed by atoms with E-state index in [1.807, 2.05) is 6.08 Å². The Kier molecular flexibility index (Phi) is 9.20. The largest absolute Gasteiger partial charge is 0.393 e. The molecule has 1 aromatic rings. The molecule has 2 N–H and O–H groups in total. The standard InChI is InChI=1S/C39H60N2O2/c1-5-29-9-11-30(12-10-29)27-41(23-6-7-24-41)25-22-40-37(43)17-8-28(2)34-15-16-35-33-14-13-31-26-32(42)18-20-38(31,3)36(33)19-21-39(34,35)4/h5,9-12,28,31-36,42H,1,6-8,13-27H2,2-4H3/p+1/t28-,31?,32-,33?,34-,35?,36?,38+,39-/m1/s1. The molecule has 0 radical (unpaired) electrons. The van der Waals surface area contributed by atoms with Gasteiger partial charge in [0, 0.05) is 24.8 Å². The molecule has 0 bridgehead atoms. The number of amides is 1. The molecule has 0 aromatic heterocycles. The SMILES string of the molecule is C=Cc1ccc(C[N+]2(CCNC(=O)CC[C@@H](C)[C@H]3CCC4C5CCC6C[C@H](O)CC[C@]6(C)C5CC[C@@]43C)CCCC2)cc1. The van der Waals surface area contributed by atoms with E-state index in [1.165, 1.54) is 82.0 Å². The smallest absolute Gasteiger partial charge is 0.220 e. The minimum absolute atomic E-state index is 0.0548. The minimum atomic E-state index is -0.0548. The summed E-state index contributed by atoms with van der Waals surface area (Å²) in [5.74, 6) is 4.99. The van der Waals surface area contributed by atoms with Crippen LogP contribution in [0.5, 0.6) is 0 Å². The van der Waals surface area contributed by atoms with Gasteiger partial charge in [0.25, 0.3) is 0 Å². The van der Waals surface area contributed by atoms with E-state index in [2.05, 4.69) is 56.9 Å². The molecule has 1 aliphatic heterocycles. The average Bonchev–Trinajstić information content (AvgIpc) is 3.61. The molecule has 1 aromatic carbocycles. The highest BCUT2D eigenvalue weighted by atomic mass is 16.3. The monoisotopic (exact) mass is 589 g/mol. The van der Waals surface area contributed by atoms with Crippen molar-refractivity contribution in [1.82, 2.24) is 5.32 Å². The van der Waals surface area contributed by atoms with Gasteiger partial charge in [-0.3, -0.25) is 4.79 Å². The lowest BCUT2D eigenvalue weighted by Gasteiger charge is -2.61. The van der Waals surface area contributed by atoms with Crippen molar-refractivity contribution in [2.75, 3.05) is 26.2 Å². The van der Waals surface area contributed by atoms with Crippen molar-refractivity contribution in [3.05, 3.63) is 42.0 Å². The topological polar surface area (TPSA) is 49.3 Å². The lowest BCUT2D eigenvalue weighted by molar-refractivity contribution is -0.928. The molecule has 4 saturated carbocycles. The summed E-state index contributed by atoms with van der Waals surface area (Å²) in [5, 5.41) is 13.7. The van der Waals surface area contributed by atoms with Gasteiger partial charge in [-0.1, -0.05) is 57.7 Å². The fourth-order valence-corrected chi connectivity index (χ4v) is 11.9. The van der Waals surface area contributed by atoms with Crippen LogP contribution in [0.2, 0.25) is 0 Å². The summed E-state index contributed by atoms with van der Waals surface area (Å²) < 4.78 is 1.11. The molecule has 9 atom stereocenters. The Morgan fingerprint density at radius 1 is 1.02 bits per heavy atom. The molecule has 0 spiro atoms. The first-order valence-electron chi connectivity index (χ1n) is 18.2. The summed E-state index contributed by atoms with van der Waals surface area (Å²) in [6.07, 6.45) is 17.7. The Bertz CT molecular complexity index is 1120. The van der Waals surface area contributed by atoms with E-state index < -0.39 is 0 Å². The quantitative estimate of drug-likeness (QED) is 0.272. The molecule has 5 aliphatic rings. The number of quaternary nitrogens is 1. The average molecular weight is 590 g/mol. The highest BCUT2D eigenvalue weighted by Crippen LogP contribution is 2.68. The molecule has 4 aliphatic carbocycles. The van der Waals surface area contributed by atoms with Crippen LogP contribution in [0.1, 0.15) is 115 Å². The summed E-state index contributed by atoms with van der Waals surface area (Å²) in [6.45, 7) is 16.9. The summed E-state index contributed by atoms with van der Waals surface area (Å²) in [7, 11) is 0. The molecule has 1 heterocycles. The third kappa shape index (κ3) is 6.14. The number of rotatable bonds is 10. The Morgan fingerprint density at radius 3 is 2.49 bits per heavy atom. The molecular weight excluding hydrogens is 528 g/mol. The van der Waals surface area contributed by atoms with Gasteiger partial charge in [0.15, 0.2) is 0 Å². The van der Waals surface area contributed by atoms with Gasteiger partial charge in [0.05, 0.1) is 32.3 Å². The maximum atomic E-state index is 13.1. The van der Waals surface area contributed by atoms with Crippen LogP contribution in [0.15, 0.2) is 30.8 Å². The zero-order chi connectivity index (χ0) is 30.2. The van der Waals surface area contributed by atoms with Gasteiger partial charge >= 0.3 is 0 Å². The van der Waals surface area contributed by atoms with Crippen molar-refractivity contribution >= 4 is 12.0 Å². The van der Waals surface area contributed by atoms with E-state index in [9.17, 15) is 9.90 Å². The van der Waals surface area contributed by atoms with Crippen LogP contribution >= 0.6 is 0 Å². The van der Waals surface area contributed by atoms with Crippen LogP contribution in [0.4, 0.5) is 0 Å². The molecule has 4 nitrogen and oxygen atoms in total. The van der Waals surface area contributed by atoms with Crippen molar-refractivity contribution in [2.45, 2.75) is 117 Å². The highest BCUT2D eigenvalue weighted by Gasteiger charge is 2.60. The van der Waals surface area contributed by atoms with E-state index >= 15 is 0 Å². The predicted octanol–water partition coefficient (Wildman–Crippen LogP) is 7.99. The van der Waals surface area contributed by atoms with Crippen molar-refractivity contribution in [1.29, 1.82) is 0 Å². The first-order chi connectivity index (χ1) is 20.7. The number of aliphatic hydroxyl groups is 1. The van der Waals surface area contributed by atoms with E-state index in [1.54, 1.807) is 0 Å². The van der Waals surface area contributed by atoms with Crippen LogP contribution < -0.4 is 5.32 Å². The summed E-state index contributed by atoms with van der Waals surface area (Å²) in [5.41, 5.74) is 3.47. The van der Waals surface area contributed by atoms with Crippen LogP contribution in [0.25, 0.3) is 6.08 Å². The Hall–Kier alpha value is -1.65. The molecule has 6 rings (SSSR count). The highest BCUT2D eigenvalue weighted by molar-refractivity contribution is 5.75. The predicted molar refractivity (Wildman–Crippen MR) is 177 cm³/mol. The first kappa shape index (κ1) is 31.3. The zero-order valence-electron chi connectivity index (χ0n) is 27.7. The van der Waals surface area contributed by atoms with Crippen LogP contribution in [-0.2, 0) is 11.3 Å². The summed E-state index contributed by atoms with van der Waals surface area (Å²) >= 11 is 0. The second-order valence-corrected chi connectivity index (χ2v) is 16.5. The second-order valence-electron chi connectivity index (χ2n) is 16.5. The lowest BCUT2D eigenvalue weighted by Crippen LogP contribution is -2.54. The maximum Gasteiger partial charge on any atom is 0.220 e. The third-order valence-corrected chi connectivity index (χ3v) is 14.4. The number of carbonyl (C=O) groups excluding carboxylic acids is 1. The van der Waals surface area contributed by atoms with Crippen LogP contribution in [0.3, 0.4) is 0 Å². The van der Waals surface area contributed by atoms with Gasteiger partial charge in [0.1, 0.15) is 6.54 Å². The molecular formula is C39H61N2O2+. The number of carbonyl (C=O) groups is 1. The molecule has 238 valence electrons. The van der Waals surface area contributed by atoms with Crippen molar-refractivity contribution < 1.29 is 14.4 Å². The number of hydrogen-bond acceptors (Lipinski definition) is 2. The van der Waals surface area contributed by atoms with Crippen molar-refractivity contribution in [2.24, 2.45) is 46.3 Å². The van der Waals surface area contributed by atoms with Crippen LogP contribution in [0, 0.1) is 46.3 Å². The number of hydrogen-bond donors (Lipinski definition) is 2. The van der Waals surface area contributed by atoms with E-state index in [-0.39, 0.29) is 12.0 Å². The molecule has 5 fully saturated rings. The van der Waals surface area contributed by atoms with Gasteiger partial charge in [0.2, 0.25) is 5.91 Å². The lowest BCUT2D eigenvalue weighted by atomic mass is 9.44. The second kappa shape index (κ2) is 12.6. The minimum Gasteiger partial charge on any atom is -0.393 e. The summed E-state index contributed by atoms with van der Waals surface area (Å²) in [4.78, 5) is 13.1. The third-order valence-electron chi connectivity index (χ3n) is 14.4. The number of aliphatic hydroxyl groups excluding tert-OH is 1. The Labute approximate surface area is 262 Å². The van der Waals surface area contributed by atoms with Gasteiger partial charge in [-0.2, -0.15) is 0 Å². The Balaban J connectivity index is 0.986. The fraction of sp³-hybridized carbons (Fsp3) is 0.769. The number of likely N-dealkylation sites (tertiary alicyclic amines) is 1. The number of benzene rings is 1. The Morgan fingerprint density at radius 2 is 1.74 bits per heavy atom. The molecule has 4 heteroatoms.